The number of nitrogens with one attached hydrogen (secondary N) is 2. The van der Waals surface area contributed by atoms with E-state index in [0.717, 1.165) is 5.69 Å². The van der Waals surface area contributed by atoms with Gasteiger partial charge in [-0.3, -0.25) is 14.7 Å². The SMILES string of the molecule is Cc1n[nH]c(C)c1CC(=O)N[C@@H](CC(=O)O)C(=O)O. The van der Waals surface area contributed by atoms with E-state index in [2.05, 4.69) is 15.5 Å². The van der Waals surface area contributed by atoms with Crippen LogP contribution in [0.1, 0.15) is 23.4 Å². The summed E-state index contributed by atoms with van der Waals surface area (Å²) in [6, 6.07) is -1.43. The maximum absolute atomic E-state index is 11.7. The number of carbonyl (C=O) groups excluding carboxylic acids is 1. The first-order valence-corrected chi connectivity index (χ1v) is 5.55. The minimum atomic E-state index is -1.43. The second-order valence-corrected chi connectivity index (χ2v) is 4.15. The predicted octanol–water partition coefficient (Wildman–Crippen LogP) is -0.387. The molecule has 8 heteroatoms. The third-order valence-electron chi connectivity index (χ3n) is 2.63. The first-order valence-electron chi connectivity index (χ1n) is 5.55. The van der Waals surface area contributed by atoms with Crippen molar-refractivity contribution in [3.8, 4) is 0 Å². The molecule has 1 rings (SSSR count). The number of aromatic nitrogens is 2. The van der Waals surface area contributed by atoms with Crippen LogP contribution in [0.2, 0.25) is 0 Å². The first kappa shape index (κ1) is 14.7. The van der Waals surface area contributed by atoms with Crippen LogP contribution in [0.3, 0.4) is 0 Å². The summed E-state index contributed by atoms with van der Waals surface area (Å²) in [5.74, 6) is -3.22. The summed E-state index contributed by atoms with van der Waals surface area (Å²) in [6.07, 6.45) is -0.706. The van der Waals surface area contributed by atoms with Crippen LogP contribution in [0, 0.1) is 13.8 Å². The maximum Gasteiger partial charge on any atom is 0.326 e. The molecule has 0 radical (unpaired) electrons. The van der Waals surface area contributed by atoms with Gasteiger partial charge >= 0.3 is 11.9 Å². The van der Waals surface area contributed by atoms with Crippen LogP contribution < -0.4 is 5.32 Å². The summed E-state index contributed by atoms with van der Waals surface area (Å²) in [7, 11) is 0. The van der Waals surface area contributed by atoms with Gasteiger partial charge in [-0.25, -0.2) is 4.79 Å². The van der Waals surface area contributed by atoms with E-state index in [4.69, 9.17) is 10.2 Å². The molecule has 8 nitrogen and oxygen atoms in total. The largest absolute Gasteiger partial charge is 0.481 e. The van der Waals surface area contributed by atoms with E-state index in [0.29, 0.717) is 11.3 Å². The molecule has 0 aliphatic carbocycles. The predicted molar refractivity (Wildman–Crippen MR) is 63.6 cm³/mol. The zero-order chi connectivity index (χ0) is 14.6. The third kappa shape index (κ3) is 4.09. The number of carboxylic acid groups (broad SMARTS) is 2. The molecule has 0 spiro atoms. The molecule has 0 aliphatic heterocycles. The van der Waals surface area contributed by atoms with E-state index in [1.807, 2.05) is 0 Å². The lowest BCUT2D eigenvalue weighted by atomic mass is 10.1. The van der Waals surface area contributed by atoms with Gasteiger partial charge in [0.1, 0.15) is 6.04 Å². The molecule has 4 N–H and O–H groups in total. The van der Waals surface area contributed by atoms with Gasteiger partial charge in [0.25, 0.3) is 0 Å². The van der Waals surface area contributed by atoms with Gasteiger partial charge in [-0.05, 0) is 13.8 Å². The molecule has 104 valence electrons. The number of carboxylic acids is 2. The highest BCUT2D eigenvalue weighted by atomic mass is 16.4. The Labute approximate surface area is 108 Å². The summed E-state index contributed by atoms with van der Waals surface area (Å²) >= 11 is 0. The molecule has 1 aromatic heterocycles. The van der Waals surface area contributed by atoms with E-state index < -0.39 is 30.3 Å². The van der Waals surface area contributed by atoms with Gasteiger partial charge < -0.3 is 15.5 Å². The van der Waals surface area contributed by atoms with E-state index in [1.54, 1.807) is 13.8 Å². The van der Waals surface area contributed by atoms with Crippen molar-refractivity contribution in [2.75, 3.05) is 0 Å². The Morgan fingerprint density at radius 2 is 1.95 bits per heavy atom. The summed E-state index contributed by atoms with van der Waals surface area (Å²) in [4.78, 5) is 33.0. The number of hydrogen-bond acceptors (Lipinski definition) is 4. The zero-order valence-corrected chi connectivity index (χ0v) is 10.6. The van der Waals surface area contributed by atoms with Crippen molar-refractivity contribution in [1.29, 1.82) is 0 Å². The first-order chi connectivity index (χ1) is 8.81. The molecule has 0 unspecified atom stereocenters. The second kappa shape index (κ2) is 5.98. The Balaban J connectivity index is 2.68. The van der Waals surface area contributed by atoms with E-state index in [-0.39, 0.29) is 6.42 Å². The Kier molecular flexibility index (Phi) is 4.62. The fourth-order valence-corrected chi connectivity index (χ4v) is 1.62. The topological polar surface area (TPSA) is 132 Å². The highest BCUT2D eigenvalue weighted by Gasteiger charge is 2.23. The van der Waals surface area contributed by atoms with Crippen LogP contribution in [0.15, 0.2) is 0 Å². The van der Waals surface area contributed by atoms with Crippen LogP contribution in [0.25, 0.3) is 0 Å². The normalized spacial score (nSPS) is 11.9. The summed E-state index contributed by atoms with van der Waals surface area (Å²) in [5.41, 5.74) is 2.05. The summed E-state index contributed by atoms with van der Waals surface area (Å²) in [5, 5.41) is 26.2. The number of nitrogens with zero attached hydrogens (tertiary/aromatic N) is 1. The van der Waals surface area contributed by atoms with E-state index >= 15 is 0 Å². The minimum Gasteiger partial charge on any atom is -0.481 e. The highest BCUT2D eigenvalue weighted by molar-refractivity contribution is 5.87. The molecular weight excluding hydrogens is 254 g/mol. The van der Waals surface area contributed by atoms with Gasteiger partial charge in [-0.2, -0.15) is 5.10 Å². The molecule has 0 fully saturated rings. The van der Waals surface area contributed by atoms with E-state index in [9.17, 15) is 14.4 Å². The number of amides is 1. The number of hydrogen-bond donors (Lipinski definition) is 4. The Morgan fingerprint density at radius 3 is 2.37 bits per heavy atom. The van der Waals surface area contributed by atoms with Crippen LogP contribution in [0.5, 0.6) is 0 Å². The number of rotatable bonds is 6. The highest BCUT2D eigenvalue weighted by Crippen LogP contribution is 2.10. The van der Waals surface area contributed by atoms with Gasteiger partial charge in [0, 0.05) is 11.3 Å². The third-order valence-corrected chi connectivity index (χ3v) is 2.63. The molecule has 1 heterocycles. The standard InChI is InChI=1S/C11H15N3O5/c1-5-7(6(2)14-13-5)3-9(15)12-8(11(18)19)4-10(16)17/h8H,3-4H2,1-2H3,(H,12,15)(H,13,14)(H,16,17)(H,18,19)/t8-/m0/s1. The molecule has 0 aromatic carbocycles. The molecule has 0 aliphatic rings. The second-order valence-electron chi connectivity index (χ2n) is 4.15. The average Bonchev–Trinajstić information content (AvgIpc) is 2.59. The smallest absolute Gasteiger partial charge is 0.326 e. The van der Waals surface area contributed by atoms with Gasteiger partial charge in [-0.1, -0.05) is 0 Å². The summed E-state index contributed by atoms with van der Waals surface area (Å²) < 4.78 is 0. The molecule has 19 heavy (non-hydrogen) atoms. The monoisotopic (exact) mass is 269 g/mol. The lowest BCUT2D eigenvalue weighted by Gasteiger charge is -2.12. The van der Waals surface area contributed by atoms with Crippen molar-refractivity contribution in [2.45, 2.75) is 32.7 Å². The molecule has 0 saturated heterocycles. The molecule has 0 bridgehead atoms. The fourth-order valence-electron chi connectivity index (χ4n) is 1.62. The Bertz CT molecular complexity index is 489. The Morgan fingerprint density at radius 1 is 1.32 bits per heavy atom. The molecule has 1 atom stereocenters. The molecule has 1 amide bonds. The van der Waals surface area contributed by atoms with Crippen LogP contribution in [-0.2, 0) is 20.8 Å². The van der Waals surface area contributed by atoms with Gasteiger partial charge in [0.2, 0.25) is 5.91 Å². The average molecular weight is 269 g/mol. The Hall–Kier alpha value is -2.38. The van der Waals surface area contributed by atoms with E-state index in [1.165, 1.54) is 0 Å². The number of aromatic amines is 1. The van der Waals surface area contributed by atoms with Crippen molar-refractivity contribution in [2.24, 2.45) is 0 Å². The van der Waals surface area contributed by atoms with Crippen molar-refractivity contribution in [3.05, 3.63) is 17.0 Å². The van der Waals surface area contributed by atoms with Crippen molar-refractivity contribution in [3.63, 3.8) is 0 Å². The maximum atomic E-state index is 11.7. The van der Waals surface area contributed by atoms with Gasteiger partial charge in [0.15, 0.2) is 0 Å². The lowest BCUT2D eigenvalue weighted by Crippen LogP contribution is -2.42. The van der Waals surface area contributed by atoms with Crippen LogP contribution in [-0.4, -0.2) is 44.3 Å². The molecule has 0 saturated carbocycles. The van der Waals surface area contributed by atoms with Crippen LogP contribution in [0.4, 0.5) is 0 Å². The molecule has 1 aromatic rings. The lowest BCUT2D eigenvalue weighted by molar-refractivity contribution is -0.147. The number of aryl methyl sites for hydroxylation is 2. The summed E-state index contributed by atoms with van der Waals surface area (Å²) in [6.45, 7) is 3.46. The molecular formula is C11H15N3O5. The minimum absolute atomic E-state index is 0.0441. The number of H-pyrrole nitrogens is 1. The van der Waals surface area contributed by atoms with Gasteiger partial charge in [0.05, 0.1) is 18.5 Å². The quantitative estimate of drug-likeness (QED) is 0.556. The van der Waals surface area contributed by atoms with Crippen molar-refractivity contribution >= 4 is 17.8 Å². The van der Waals surface area contributed by atoms with Gasteiger partial charge in [-0.15, -0.1) is 0 Å². The van der Waals surface area contributed by atoms with Crippen LogP contribution >= 0.6 is 0 Å². The van der Waals surface area contributed by atoms with Crippen molar-refractivity contribution < 1.29 is 24.6 Å². The number of carbonyl (C=O) groups is 3. The van der Waals surface area contributed by atoms with Crippen molar-refractivity contribution in [1.82, 2.24) is 15.5 Å². The zero-order valence-electron chi connectivity index (χ0n) is 10.6. The number of aliphatic carboxylic acids is 2. The fraction of sp³-hybridized carbons (Fsp3) is 0.455.